The van der Waals surface area contributed by atoms with Crippen LogP contribution in [0.4, 0.5) is 5.69 Å². The molecule has 0 aromatic heterocycles. The van der Waals surface area contributed by atoms with Crippen LogP contribution in [0.2, 0.25) is 0 Å². The van der Waals surface area contributed by atoms with Crippen molar-refractivity contribution < 1.29 is 9.90 Å². The van der Waals surface area contributed by atoms with Gasteiger partial charge in [0.15, 0.2) is 0 Å². The molecule has 1 N–H and O–H groups in total. The highest BCUT2D eigenvalue weighted by molar-refractivity contribution is 5.88. The van der Waals surface area contributed by atoms with Crippen molar-refractivity contribution in [2.45, 2.75) is 46.5 Å². The molecular formula is C29H33NO2. The lowest BCUT2D eigenvalue weighted by molar-refractivity contribution is 0.0697. The minimum atomic E-state index is -0.873. The Bertz CT molecular complexity index is 1100. The molecule has 166 valence electrons. The number of carboxylic acid groups (broad SMARTS) is 1. The number of fused-ring (bicyclic) bond motifs is 2. The van der Waals surface area contributed by atoms with Crippen molar-refractivity contribution in [1.82, 2.24) is 0 Å². The van der Waals surface area contributed by atoms with Crippen LogP contribution in [0.5, 0.6) is 0 Å². The molecule has 3 aliphatic rings. The lowest BCUT2D eigenvalue weighted by atomic mass is 9.66. The van der Waals surface area contributed by atoms with Crippen molar-refractivity contribution in [2.75, 3.05) is 18.0 Å². The Hall–Kier alpha value is -2.81. The second kappa shape index (κ2) is 7.65. The summed E-state index contributed by atoms with van der Waals surface area (Å²) in [7, 11) is 0. The number of rotatable bonds is 4. The van der Waals surface area contributed by atoms with Gasteiger partial charge in [0.25, 0.3) is 0 Å². The summed E-state index contributed by atoms with van der Waals surface area (Å²) < 4.78 is 0. The van der Waals surface area contributed by atoms with Gasteiger partial charge in [0.05, 0.1) is 5.56 Å². The highest BCUT2D eigenvalue weighted by Crippen LogP contribution is 2.67. The second-order valence-electron chi connectivity index (χ2n) is 10.5. The van der Waals surface area contributed by atoms with E-state index >= 15 is 0 Å². The molecule has 2 atom stereocenters. The summed E-state index contributed by atoms with van der Waals surface area (Å²) >= 11 is 0. The molecule has 1 saturated heterocycles. The normalized spacial score (nSPS) is 26.2. The van der Waals surface area contributed by atoms with Crippen molar-refractivity contribution in [3.05, 3.63) is 76.9 Å². The van der Waals surface area contributed by atoms with Gasteiger partial charge in [0.2, 0.25) is 0 Å². The first-order valence-electron chi connectivity index (χ1n) is 11.9. The molecule has 32 heavy (non-hydrogen) atoms. The number of benzene rings is 2. The van der Waals surface area contributed by atoms with Crippen LogP contribution in [0, 0.1) is 16.7 Å². The van der Waals surface area contributed by atoms with E-state index in [2.05, 4.69) is 62.1 Å². The van der Waals surface area contributed by atoms with Gasteiger partial charge in [-0.1, -0.05) is 62.8 Å². The Morgan fingerprint density at radius 1 is 1.03 bits per heavy atom. The molecule has 3 heteroatoms. The van der Waals surface area contributed by atoms with Crippen molar-refractivity contribution >= 4 is 23.3 Å². The van der Waals surface area contributed by atoms with Crippen LogP contribution in [0.1, 0.15) is 67.9 Å². The summed E-state index contributed by atoms with van der Waals surface area (Å²) in [5.41, 5.74) is 7.89. The Morgan fingerprint density at radius 3 is 2.31 bits per heavy atom. The molecule has 1 aliphatic heterocycles. The third-order valence-electron chi connectivity index (χ3n) is 8.76. The molecule has 2 fully saturated rings. The highest BCUT2D eigenvalue weighted by Gasteiger charge is 2.57. The average molecular weight is 428 g/mol. The van der Waals surface area contributed by atoms with Gasteiger partial charge in [-0.2, -0.15) is 0 Å². The first-order valence-corrected chi connectivity index (χ1v) is 11.9. The molecule has 5 rings (SSSR count). The zero-order valence-electron chi connectivity index (χ0n) is 19.4. The SMILES string of the molecule is CC1(C)C2C=C(c3ccccc3C=C3CCN(c4ccc(C(=O)O)cc4)CC3)[C@]1(C)CC2. The molecule has 0 spiro atoms. The molecule has 0 amide bonds. The monoisotopic (exact) mass is 427 g/mol. The number of nitrogens with zero attached hydrogens (tertiary/aromatic N) is 1. The quantitative estimate of drug-likeness (QED) is 0.576. The number of anilines is 1. The minimum absolute atomic E-state index is 0.262. The number of hydrogen-bond acceptors (Lipinski definition) is 2. The van der Waals surface area contributed by atoms with Gasteiger partial charge < -0.3 is 10.0 Å². The second-order valence-corrected chi connectivity index (χ2v) is 10.5. The van der Waals surface area contributed by atoms with E-state index in [4.69, 9.17) is 5.11 Å². The maximum Gasteiger partial charge on any atom is 0.335 e. The fourth-order valence-corrected chi connectivity index (χ4v) is 6.18. The van der Waals surface area contributed by atoms with Crippen LogP contribution in [0.15, 0.2) is 60.2 Å². The molecular weight excluding hydrogens is 394 g/mol. The Balaban J connectivity index is 1.35. The van der Waals surface area contributed by atoms with Crippen molar-refractivity contribution in [1.29, 1.82) is 0 Å². The van der Waals surface area contributed by atoms with E-state index in [1.54, 1.807) is 17.7 Å². The molecule has 1 heterocycles. The summed E-state index contributed by atoms with van der Waals surface area (Å²) in [6.45, 7) is 9.32. The standard InChI is InChI=1S/C29H33NO2/c1-28(2)23-12-15-29(28,3)26(19-23)25-7-5-4-6-22(25)18-20-13-16-30(17-14-20)24-10-8-21(9-11-24)27(31)32/h4-11,18-19,23H,12-17H2,1-3H3,(H,31,32)/t23?,29-/m0/s1. The number of carboxylic acids is 1. The maximum atomic E-state index is 11.1. The number of hydrogen-bond donors (Lipinski definition) is 1. The Labute approximate surface area is 191 Å². The van der Waals surface area contributed by atoms with Gasteiger partial charge in [0, 0.05) is 18.8 Å². The zero-order valence-corrected chi connectivity index (χ0v) is 19.4. The van der Waals surface area contributed by atoms with Crippen LogP contribution >= 0.6 is 0 Å². The lowest BCUT2D eigenvalue weighted by Gasteiger charge is -2.38. The number of carbonyl (C=O) groups is 1. The van der Waals surface area contributed by atoms with Gasteiger partial charge in [-0.3, -0.25) is 0 Å². The number of allylic oxidation sites excluding steroid dienone is 2. The number of piperidine rings is 1. The molecule has 2 aliphatic carbocycles. The van der Waals surface area contributed by atoms with Crippen molar-refractivity contribution in [3.8, 4) is 0 Å². The first-order chi connectivity index (χ1) is 15.3. The van der Waals surface area contributed by atoms with Gasteiger partial charge >= 0.3 is 5.97 Å². The van der Waals surface area contributed by atoms with Crippen molar-refractivity contribution in [2.24, 2.45) is 16.7 Å². The van der Waals surface area contributed by atoms with E-state index in [1.165, 1.54) is 29.5 Å². The van der Waals surface area contributed by atoms with Crippen LogP contribution in [0.3, 0.4) is 0 Å². The summed E-state index contributed by atoms with van der Waals surface area (Å²) in [5, 5.41) is 9.12. The Kier molecular flexibility index (Phi) is 5.03. The summed E-state index contributed by atoms with van der Waals surface area (Å²) in [6.07, 6.45) is 9.70. The largest absolute Gasteiger partial charge is 0.478 e. The van der Waals surface area contributed by atoms with Crippen LogP contribution in [-0.2, 0) is 0 Å². The van der Waals surface area contributed by atoms with E-state index in [1.807, 2.05) is 12.1 Å². The van der Waals surface area contributed by atoms with E-state index in [0.717, 1.165) is 31.6 Å². The van der Waals surface area contributed by atoms with E-state index in [0.29, 0.717) is 16.9 Å². The predicted octanol–water partition coefficient (Wildman–Crippen LogP) is 6.91. The van der Waals surface area contributed by atoms with Crippen LogP contribution in [-0.4, -0.2) is 24.2 Å². The fourth-order valence-electron chi connectivity index (χ4n) is 6.18. The zero-order chi connectivity index (χ0) is 22.5. The van der Waals surface area contributed by atoms with Crippen LogP contribution < -0.4 is 4.90 Å². The number of aromatic carboxylic acids is 1. The molecule has 0 radical (unpaired) electrons. The predicted molar refractivity (Wildman–Crippen MR) is 132 cm³/mol. The van der Waals surface area contributed by atoms with E-state index in [-0.39, 0.29) is 5.41 Å². The molecule has 1 saturated carbocycles. The first kappa shape index (κ1) is 21.1. The minimum Gasteiger partial charge on any atom is -0.478 e. The molecule has 2 bridgehead atoms. The third kappa shape index (κ3) is 3.30. The van der Waals surface area contributed by atoms with Gasteiger partial charge in [-0.25, -0.2) is 4.79 Å². The fraction of sp³-hybridized carbons (Fsp3) is 0.414. The summed E-state index contributed by atoms with van der Waals surface area (Å²) in [4.78, 5) is 13.5. The smallest absolute Gasteiger partial charge is 0.335 e. The van der Waals surface area contributed by atoms with E-state index in [9.17, 15) is 4.79 Å². The summed E-state index contributed by atoms with van der Waals surface area (Å²) in [6, 6.07) is 16.2. The van der Waals surface area contributed by atoms with Gasteiger partial charge in [-0.15, -0.1) is 0 Å². The summed E-state index contributed by atoms with van der Waals surface area (Å²) in [5.74, 6) is -0.180. The van der Waals surface area contributed by atoms with Gasteiger partial charge in [0.1, 0.15) is 0 Å². The van der Waals surface area contributed by atoms with Crippen LogP contribution in [0.25, 0.3) is 11.6 Å². The maximum absolute atomic E-state index is 11.1. The van der Waals surface area contributed by atoms with E-state index < -0.39 is 5.97 Å². The molecule has 3 nitrogen and oxygen atoms in total. The topological polar surface area (TPSA) is 40.5 Å². The third-order valence-corrected chi connectivity index (χ3v) is 8.76. The molecule has 2 aromatic carbocycles. The average Bonchev–Trinajstić information content (AvgIpc) is 3.14. The highest BCUT2D eigenvalue weighted by atomic mass is 16.4. The molecule has 1 unspecified atom stereocenters. The van der Waals surface area contributed by atoms with Crippen molar-refractivity contribution in [3.63, 3.8) is 0 Å². The van der Waals surface area contributed by atoms with Gasteiger partial charge in [-0.05, 0) is 83.4 Å². The lowest BCUT2D eigenvalue weighted by Crippen LogP contribution is -2.30. The molecule has 2 aromatic rings. The Morgan fingerprint density at radius 2 is 1.72 bits per heavy atom.